The molecule has 24 heavy (non-hydrogen) atoms. The number of carbonyl (C=O) groups excluding carboxylic acids is 1. The summed E-state index contributed by atoms with van der Waals surface area (Å²) < 4.78 is 1.76. The lowest BCUT2D eigenvalue weighted by Crippen LogP contribution is -2.38. The number of rotatable bonds is 3. The van der Waals surface area contributed by atoms with Crippen molar-refractivity contribution < 1.29 is 4.79 Å². The van der Waals surface area contributed by atoms with E-state index in [1.54, 1.807) is 17.3 Å². The van der Waals surface area contributed by atoms with Crippen LogP contribution in [-0.4, -0.2) is 43.7 Å². The van der Waals surface area contributed by atoms with Crippen molar-refractivity contribution in [3.63, 3.8) is 0 Å². The van der Waals surface area contributed by atoms with Crippen molar-refractivity contribution in [2.45, 2.75) is 44.6 Å². The second-order valence-corrected chi connectivity index (χ2v) is 6.48. The maximum absolute atomic E-state index is 11.2. The quantitative estimate of drug-likeness (QED) is 0.898. The Labute approximate surface area is 140 Å². The van der Waals surface area contributed by atoms with Gasteiger partial charge in [-0.3, -0.25) is 4.79 Å². The van der Waals surface area contributed by atoms with E-state index in [4.69, 9.17) is 5.73 Å². The molecule has 1 atom stereocenters. The summed E-state index contributed by atoms with van der Waals surface area (Å²) in [5.41, 5.74) is 7.75. The number of aromatic nitrogens is 5. The van der Waals surface area contributed by atoms with Crippen LogP contribution < -0.4 is 10.6 Å². The Morgan fingerprint density at radius 2 is 2.04 bits per heavy atom. The molecular weight excluding hydrogens is 306 g/mol. The number of aryl methyl sites for hydroxylation is 1. The second-order valence-electron chi connectivity index (χ2n) is 6.48. The van der Waals surface area contributed by atoms with Crippen LogP contribution >= 0.6 is 0 Å². The molecule has 8 heteroatoms. The molecule has 4 rings (SSSR count). The summed E-state index contributed by atoms with van der Waals surface area (Å²) >= 11 is 0. The highest BCUT2D eigenvalue weighted by atomic mass is 16.1. The lowest BCUT2D eigenvalue weighted by Gasteiger charge is -2.35. The monoisotopic (exact) mass is 327 g/mol. The van der Waals surface area contributed by atoms with Crippen LogP contribution in [-0.2, 0) is 12.8 Å². The van der Waals surface area contributed by atoms with Crippen LogP contribution in [0.3, 0.4) is 0 Å². The number of hydrogen-bond donors (Lipinski definition) is 1. The number of piperidine rings is 1. The van der Waals surface area contributed by atoms with E-state index in [2.05, 4.69) is 25.0 Å². The second kappa shape index (κ2) is 6.18. The molecule has 0 radical (unpaired) electrons. The molecule has 2 aromatic rings. The molecule has 3 heterocycles. The van der Waals surface area contributed by atoms with E-state index in [9.17, 15) is 4.79 Å². The van der Waals surface area contributed by atoms with Gasteiger partial charge in [-0.25, -0.2) is 19.6 Å². The van der Waals surface area contributed by atoms with Crippen molar-refractivity contribution in [2.24, 2.45) is 5.73 Å². The molecule has 1 aliphatic heterocycles. The summed E-state index contributed by atoms with van der Waals surface area (Å²) in [6.45, 7) is 1.79. The van der Waals surface area contributed by atoms with Gasteiger partial charge in [-0.05, 0) is 38.5 Å². The lowest BCUT2D eigenvalue weighted by atomic mass is 9.95. The van der Waals surface area contributed by atoms with Crippen molar-refractivity contribution in [2.75, 3.05) is 18.0 Å². The summed E-state index contributed by atoms with van der Waals surface area (Å²) in [6, 6.07) is 0.175. The Balaban J connectivity index is 1.58. The molecule has 1 saturated heterocycles. The molecule has 2 N–H and O–H groups in total. The average Bonchev–Trinajstić information content (AvgIpc) is 3.12. The summed E-state index contributed by atoms with van der Waals surface area (Å²) in [7, 11) is 0. The first-order chi connectivity index (χ1) is 11.7. The number of anilines is 1. The zero-order valence-electron chi connectivity index (χ0n) is 13.6. The van der Waals surface area contributed by atoms with Gasteiger partial charge < -0.3 is 10.6 Å². The molecule has 2 aromatic heterocycles. The maximum atomic E-state index is 11.2. The molecule has 0 saturated carbocycles. The molecule has 2 aliphatic rings. The molecule has 0 spiro atoms. The molecule has 1 aliphatic carbocycles. The number of fused-ring (bicyclic) bond motifs is 1. The fourth-order valence-electron chi connectivity index (χ4n) is 3.70. The molecular formula is C16H21N7O. The van der Waals surface area contributed by atoms with E-state index >= 15 is 0 Å². The molecule has 8 nitrogen and oxygen atoms in total. The first-order valence-corrected chi connectivity index (χ1v) is 8.51. The van der Waals surface area contributed by atoms with Crippen LogP contribution in [0.5, 0.6) is 0 Å². The zero-order chi connectivity index (χ0) is 16.5. The highest BCUT2D eigenvalue weighted by Crippen LogP contribution is 2.31. The number of carbonyl (C=O) groups is 1. The van der Waals surface area contributed by atoms with E-state index < -0.39 is 5.91 Å². The van der Waals surface area contributed by atoms with Crippen LogP contribution in [0.25, 0.3) is 0 Å². The molecule has 1 amide bonds. The summed E-state index contributed by atoms with van der Waals surface area (Å²) in [5, 5.41) is 4.22. The molecule has 0 bridgehead atoms. The molecule has 126 valence electrons. The van der Waals surface area contributed by atoms with E-state index in [-0.39, 0.29) is 11.9 Å². The first kappa shape index (κ1) is 15.0. The van der Waals surface area contributed by atoms with E-state index in [1.165, 1.54) is 24.1 Å². The fraction of sp³-hybridized carbons (Fsp3) is 0.562. The maximum Gasteiger partial charge on any atom is 0.288 e. The van der Waals surface area contributed by atoms with E-state index in [0.717, 1.165) is 44.6 Å². The van der Waals surface area contributed by atoms with Gasteiger partial charge in [0.1, 0.15) is 18.5 Å². The van der Waals surface area contributed by atoms with Gasteiger partial charge in [0.2, 0.25) is 5.82 Å². The minimum atomic E-state index is -0.591. The predicted molar refractivity (Wildman–Crippen MR) is 87.7 cm³/mol. The minimum absolute atomic E-state index is 0.0755. The van der Waals surface area contributed by atoms with E-state index in [1.807, 2.05) is 0 Å². The normalized spacial score (nSPS) is 20.7. The molecule has 1 fully saturated rings. The first-order valence-electron chi connectivity index (χ1n) is 8.51. The fourth-order valence-corrected chi connectivity index (χ4v) is 3.70. The van der Waals surface area contributed by atoms with Gasteiger partial charge in [-0.2, -0.15) is 0 Å². The standard InChI is InChI=1S/C16H21N7O/c17-14(24)15-20-10-23(21-15)11-4-3-7-22(8-11)16-12-5-1-2-6-13(12)18-9-19-16/h9-11H,1-8H2,(H2,17,24)/t11-/m1/s1. The highest BCUT2D eigenvalue weighted by Gasteiger charge is 2.27. The largest absolute Gasteiger partial charge is 0.363 e. The van der Waals surface area contributed by atoms with Crippen molar-refractivity contribution >= 4 is 11.7 Å². The van der Waals surface area contributed by atoms with Gasteiger partial charge >= 0.3 is 0 Å². The number of amides is 1. The van der Waals surface area contributed by atoms with Crippen LogP contribution in [0, 0.1) is 0 Å². The zero-order valence-corrected chi connectivity index (χ0v) is 13.6. The summed E-state index contributed by atoms with van der Waals surface area (Å²) in [4.78, 5) is 26.5. The Morgan fingerprint density at radius 1 is 1.17 bits per heavy atom. The Kier molecular flexibility index (Phi) is 3.87. The number of nitrogens with zero attached hydrogens (tertiary/aromatic N) is 6. The molecule has 0 unspecified atom stereocenters. The highest BCUT2D eigenvalue weighted by molar-refractivity contribution is 5.88. The van der Waals surface area contributed by atoms with Crippen LogP contribution in [0.15, 0.2) is 12.7 Å². The van der Waals surface area contributed by atoms with Gasteiger partial charge in [0.25, 0.3) is 5.91 Å². The van der Waals surface area contributed by atoms with Crippen molar-refractivity contribution in [3.8, 4) is 0 Å². The van der Waals surface area contributed by atoms with Gasteiger partial charge in [-0.1, -0.05) is 0 Å². The third-order valence-corrected chi connectivity index (χ3v) is 4.90. The van der Waals surface area contributed by atoms with Crippen molar-refractivity contribution in [1.82, 2.24) is 24.7 Å². The van der Waals surface area contributed by atoms with Crippen molar-refractivity contribution in [1.29, 1.82) is 0 Å². The Bertz CT molecular complexity index is 757. The third kappa shape index (κ3) is 2.72. The minimum Gasteiger partial charge on any atom is -0.363 e. The van der Waals surface area contributed by atoms with Crippen molar-refractivity contribution in [3.05, 3.63) is 29.7 Å². The lowest BCUT2D eigenvalue weighted by molar-refractivity contribution is 0.0990. The topological polar surface area (TPSA) is 103 Å². The Morgan fingerprint density at radius 3 is 2.88 bits per heavy atom. The SMILES string of the molecule is NC(=O)c1ncn([C@@H]2CCCN(c3ncnc4c3CCCC4)C2)n1. The average molecular weight is 327 g/mol. The van der Waals surface area contributed by atoms with Crippen LogP contribution in [0.1, 0.15) is 53.6 Å². The number of hydrogen-bond acceptors (Lipinski definition) is 6. The third-order valence-electron chi connectivity index (χ3n) is 4.90. The summed E-state index contributed by atoms with van der Waals surface area (Å²) in [6.07, 6.45) is 9.86. The van der Waals surface area contributed by atoms with Gasteiger partial charge in [0, 0.05) is 24.3 Å². The van der Waals surface area contributed by atoms with E-state index in [0.29, 0.717) is 0 Å². The number of nitrogens with two attached hydrogens (primary N) is 1. The van der Waals surface area contributed by atoms with Gasteiger partial charge in [0.05, 0.1) is 6.04 Å². The number of primary amides is 1. The Hall–Kier alpha value is -2.51. The van der Waals surface area contributed by atoms with Gasteiger partial charge in [0.15, 0.2) is 0 Å². The van der Waals surface area contributed by atoms with Crippen LogP contribution in [0.2, 0.25) is 0 Å². The molecule has 0 aromatic carbocycles. The van der Waals surface area contributed by atoms with Crippen LogP contribution in [0.4, 0.5) is 5.82 Å². The smallest absolute Gasteiger partial charge is 0.288 e. The predicted octanol–water partition coefficient (Wildman–Crippen LogP) is 0.887. The summed E-state index contributed by atoms with van der Waals surface area (Å²) in [5.74, 6) is 0.553. The van der Waals surface area contributed by atoms with Gasteiger partial charge in [-0.15, -0.1) is 5.10 Å².